The van der Waals surface area contributed by atoms with Crippen LogP contribution in [0.15, 0.2) is 11.3 Å². The molecule has 0 aromatic rings. The summed E-state index contributed by atoms with van der Waals surface area (Å²) in [7, 11) is 3.50. The smallest absolute Gasteiger partial charge is 0.488 e. The van der Waals surface area contributed by atoms with Gasteiger partial charge in [0.1, 0.15) is 35.8 Å². The van der Waals surface area contributed by atoms with Crippen molar-refractivity contribution in [3.05, 3.63) is 11.3 Å². The van der Waals surface area contributed by atoms with Gasteiger partial charge in [-0.2, -0.15) is 0 Å². The second-order valence-corrected chi connectivity index (χ2v) is 16.9. The summed E-state index contributed by atoms with van der Waals surface area (Å²) in [5.41, 5.74) is -2.42. The van der Waals surface area contributed by atoms with Crippen molar-refractivity contribution < 1.29 is 62.4 Å². The predicted molar refractivity (Wildman–Crippen MR) is 191 cm³/mol. The highest BCUT2D eigenvalue weighted by atomic mass is 16.8. The summed E-state index contributed by atoms with van der Waals surface area (Å²) in [5.74, 6) is -1.91. The van der Waals surface area contributed by atoms with E-state index in [1.54, 1.807) is 27.7 Å². The molecule has 2 bridgehead atoms. The summed E-state index contributed by atoms with van der Waals surface area (Å²) in [4.78, 5) is 29.3. The number of carbonyl (C=O) groups is 2. The molecule has 0 spiro atoms. The first-order valence-electron chi connectivity index (χ1n) is 19.5. The van der Waals surface area contributed by atoms with Crippen molar-refractivity contribution >= 4 is 12.1 Å². The standard InChI is InChI=1S/C39H65NO13/c1-14-26-39(11)33(51-36(44)53-39)21(5)29-19(3)17-38(10,52-29)32(50-35-28(41)25(40(12)15-2)16-20(4)46-35)22(6)30(23(7)34(43)48-26)49-27-18-37(9,45-13)31(42)24(8)47-27/h20-28,30-33,35,41-42H,14-18H2,1-13H3/t20-,21+,22+,23-,24+,25+,26-,27+,28-,30+,31+,32-,33-,35+,37-,38-,39-/m1/s1. The zero-order valence-electron chi connectivity index (χ0n) is 34.0. The van der Waals surface area contributed by atoms with Crippen molar-refractivity contribution in [2.45, 2.75) is 186 Å². The van der Waals surface area contributed by atoms with Gasteiger partial charge >= 0.3 is 12.1 Å². The number of esters is 1. The van der Waals surface area contributed by atoms with Gasteiger partial charge in [-0.05, 0) is 80.5 Å². The number of cyclic esters (lactones) is 1. The van der Waals surface area contributed by atoms with E-state index in [1.165, 1.54) is 7.11 Å². The molecule has 0 aromatic carbocycles. The quantitative estimate of drug-likeness (QED) is 0.334. The third-order valence-corrected chi connectivity index (χ3v) is 12.8. The first kappa shape index (κ1) is 42.1. The number of methoxy groups -OCH3 is 1. The number of fused-ring (bicyclic) bond motifs is 3. The van der Waals surface area contributed by atoms with Gasteiger partial charge in [0.15, 0.2) is 24.3 Å². The van der Waals surface area contributed by atoms with Crippen molar-refractivity contribution in [3.8, 4) is 0 Å². The fourth-order valence-electron chi connectivity index (χ4n) is 9.50. The predicted octanol–water partition coefficient (Wildman–Crippen LogP) is 4.46. The maximum absolute atomic E-state index is 14.4. The number of nitrogens with zero attached hydrogens (tertiary/aromatic N) is 1. The van der Waals surface area contributed by atoms with Crippen LogP contribution < -0.4 is 0 Å². The number of rotatable bonds is 8. The number of aliphatic hydroxyl groups is 2. The fraction of sp³-hybridized carbons (Fsp3) is 0.897. The third-order valence-electron chi connectivity index (χ3n) is 12.8. The number of aliphatic hydroxyl groups excluding tert-OH is 2. The lowest BCUT2D eigenvalue weighted by Gasteiger charge is -2.48. The van der Waals surface area contributed by atoms with Gasteiger partial charge < -0.3 is 57.7 Å². The van der Waals surface area contributed by atoms with Crippen LogP contribution in [0.25, 0.3) is 0 Å². The van der Waals surface area contributed by atoms with Gasteiger partial charge in [-0.1, -0.05) is 27.7 Å². The summed E-state index contributed by atoms with van der Waals surface area (Å²) < 4.78 is 57.1. The maximum Gasteiger partial charge on any atom is 0.509 e. The second kappa shape index (κ2) is 15.8. The number of likely N-dealkylation sites (N-methyl/N-ethyl adjacent to an activating group) is 1. The van der Waals surface area contributed by atoms with Crippen LogP contribution in [0.3, 0.4) is 0 Å². The normalized spacial score (nSPS) is 48.2. The van der Waals surface area contributed by atoms with Gasteiger partial charge in [0.2, 0.25) is 0 Å². The molecular formula is C39H65NO13. The molecule has 0 saturated carbocycles. The van der Waals surface area contributed by atoms with Crippen molar-refractivity contribution in [3.63, 3.8) is 0 Å². The Morgan fingerprint density at radius 3 is 2.25 bits per heavy atom. The van der Waals surface area contributed by atoms with Crippen molar-refractivity contribution in [1.82, 2.24) is 4.90 Å². The van der Waals surface area contributed by atoms with Gasteiger partial charge in [-0.25, -0.2) is 4.79 Å². The summed E-state index contributed by atoms with van der Waals surface area (Å²) in [6, 6.07) is -0.219. The zero-order chi connectivity index (χ0) is 39.4. The van der Waals surface area contributed by atoms with Gasteiger partial charge in [0, 0.05) is 31.9 Å². The molecule has 2 N–H and O–H groups in total. The summed E-state index contributed by atoms with van der Waals surface area (Å²) in [6.45, 7) is 21.4. The molecular weight excluding hydrogens is 690 g/mol. The van der Waals surface area contributed by atoms with Crippen molar-refractivity contribution in [2.75, 3.05) is 20.7 Å². The molecule has 304 valence electrons. The molecule has 14 nitrogen and oxygen atoms in total. The Hall–Kier alpha value is -2.04. The van der Waals surface area contributed by atoms with E-state index in [-0.39, 0.29) is 18.6 Å². The Labute approximate surface area is 315 Å². The molecule has 0 unspecified atom stereocenters. The SMILES string of the molecule is CC[C@H]1OC(=O)[C@H](C)[C@@H](O[C@H]2C[C@@](C)(OC)[C@@H](O)[C@H](C)O2)[C@H](C)[C@@H](O[C@@H]2O[C@H](C)C[C@H](N(C)CC)[C@H]2O)[C@@]2(C)CC(C)=C(O2)[C@H](C)[C@H]2OC(=O)O[C@@]21C. The number of hydrogen-bond donors (Lipinski definition) is 2. The minimum Gasteiger partial charge on any atom is -0.488 e. The maximum atomic E-state index is 14.4. The van der Waals surface area contributed by atoms with E-state index in [0.717, 1.165) is 12.1 Å². The van der Waals surface area contributed by atoms with Crippen LogP contribution in [0.4, 0.5) is 4.79 Å². The van der Waals surface area contributed by atoms with Crippen LogP contribution >= 0.6 is 0 Å². The van der Waals surface area contributed by atoms with Gasteiger partial charge in [0.05, 0.1) is 35.7 Å². The van der Waals surface area contributed by atoms with Crippen LogP contribution in [0.1, 0.15) is 102 Å². The molecule has 0 aromatic heterocycles. The lowest BCUT2D eigenvalue weighted by molar-refractivity contribution is -0.317. The minimum absolute atomic E-state index is 0.180. The van der Waals surface area contributed by atoms with Gasteiger partial charge in [-0.15, -0.1) is 0 Å². The van der Waals surface area contributed by atoms with Crippen LogP contribution in [0.5, 0.6) is 0 Å². The average molecular weight is 756 g/mol. The molecule has 4 fully saturated rings. The van der Waals surface area contributed by atoms with E-state index < -0.39 is 102 Å². The fourth-order valence-corrected chi connectivity index (χ4v) is 9.50. The topological polar surface area (TPSA) is 161 Å². The van der Waals surface area contributed by atoms with E-state index >= 15 is 0 Å². The summed E-state index contributed by atoms with van der Waals surface area (Å²) >= 11 is 0. The van der Waals surface area contributed by atoms with E-state index in [0.29, 0.717) is 25.0 Å². The van der Waals surface area contributed by atoms with Crippen LogP contribution in [0.2, 0.25) is 0 Å². The molecule has 53 heavy (non-hydrogen) atoms. The lowest BCUT2D eigenvalue weighted by atomic mass is 9.78. The largest absolute Gasteiger partial charge is 0.509 e. The number of carbonyl (C=O) groups excluding carboxylic acids is 2. The average Bonchev–Trinajstić information content (AvgIpc) is 3.60. The Kier molecular flexibility index (Phi) is 12.6. The molecule has 5 heterocycles. The Morgan fingerprint density at radius 2 is 1.62 bits per heavy atom. The molecule has 4 saturated heterocycles. The van der Waals surface area contributed by atoms with E-state index in [4.69, 9.17) is 42.6 Å². The molecule has 0 aliphatic carbocycles. The molecule has 0 radical (unpaired) electrons. The van der Waals surface area contributed by atoms with Crippen molar-refractivity contribution in [1.29, 1.82) is 0 Å². The second-order valence-electron chi connectivity index (χ2n) is 16.9. The monoisotopic (exact) mass is 755 g/mol. The lowest BCUT2D eigenvalue weighted by Crippen LogP contribution is -2.60. The molecule has 0 amide bonds. The summed E-state index contributed by atoms with van der Waals surface area (Å²) in [5, 5.41) is 22.7. The van der Waals surface area contributed by atoms with E-state index in [1.807, 2.05) is 55.5 Å². The Morgan fingerprint density at radius 1 is 0.943 bits per heavy atom. The Bertz CT molecular complexity index is 1360. The van der Waals surface area contributed by atoms with Crippen LogP contribution in [-0.2, 0) is 47.4 Å². The van der Waals surface area contributed by atoms with Gasteiger partial charge in [-0.3, -0.25) is 4.79 Å². The third kappa shape index (κ3) is 7.85. The minimum atomic E-state index is -1.32. The first-order valence-corrected chi connectivity index (χ1v) is 19.5. The highest BCUT2D eigenvalue weighted by molar-refractivity contribution is 5.73. The molecule has 14 heteroatoms. The van der Waals surface area contributed by atoms with Gasteiger partial charge in [0.25, 0.3) is 0 Å². The highest BCUT2D eigenvalue weighted by Crippen LogP contribution is 2.49. The van der Waals surface area contributed by atoms with Crippen LogP contribution in [-0.4, -0.2) is 132 Å². The number of hydrogen-bond acceptors (Lipinski definition) is 14. The molecule has 5 aliphatic rings. The summed E-state index contributed by atoms with van der Waals surface area (Å²) in [6.07, 6.45) is -7.33. The molecule has 5 aliphatic heterocycles. The molecule has 17 atom stereocenters. The van der Waals surface area contributed by atoms with E-state index in [9.17, 15) is 19.8 Å². The zero-order valence-corrected chi connectivity index (χ0v) is 34.0. The van der Waals surface area contributed by atoms with Crippen LogP contribution in [0, 0.1) is 17.8 Å². The number of ether oxygens (including phenoxy) is 9. The van der Waals surface area contributed by atoms with Crippen molar-refractivity contribution in [2.24, 2.45) is 17.8 Å². The Balaban J connectivity index is 1.61. The van der Waals surface area contributed by atoms with E-state index in [2.05, 4.69) is 4.90 Å². The molecule has 5 rings (SSSR count). The first-order chi connectivity index (χ1) is 24.7. The highest BCUT2D eigenvalue weighted by Gasteiger charge is 2.61.